The first-order chi connectivity index (χ1) is 10.5. The Balaban J connectivity index is 1.94. The average molecular weight is 310 g/mol. The molecule has 0 bridgehead atoms. The Kier molecular flexibility index (Phi) is 3.84. The van der Waals surface area contributed by atoms with Gasteiger partial charge in [0.2, 0.25) is 0 Å². The van der Waals surface area contributed by atoms with E-state index < -0.39 is 17.7 Å². The van der Waals surface area contributed by atoms with Crippen LogP contribution in [0.4, 0.5) is 8.78 Å². The zero-order valence-corrected chi connectivity index (χ0v) is 12.0. The summed E-state index contributed by atoms with van der Waals surface area (Å²) in [5.41, 5.74) is 0.0902. The van der Waals surface area contributed by atoms with Crippen molar-refractivity contribution in [2.24, 2.45) is 0 Å². The van der Waals surface area contributed by atoms with Gasteiger partial charge in [-0.2, -0.15) is 0 Å². The van der Waals surface area contributed by atoms with Crippen LogP contribution >= 0.6 is 0 Å². The number of H-pyrrole nitrogens is 1. The molecule has 3 rings (SSSR count). The number of aromatic amines is 1. The number of fused-ring (bicyclic) bond motifs is 1. The highest BCUT2D eigenvalue weighted by molar-refractivity contribution is 5.98. The molecule has 5 nitrogen and oxygen atoms in total. The van der Waals surface area contributed by atoms with E-state index in [2.05, 4.69) is 4.98 Å². The van der Waals surface area contributed by atoms with E-state index in [0.29, 0.717) is 6.61 Å². The smallest absolute Gasteiger partial charge is 0.270 e. The maximum absolute atomic E-state index is 13.7. The summed E-state index contributed by atoms with van der Waals surface area (Å²) in [5, 5.41) is 9.21. The summed E-state index contributed by atoms with van der Waals surface area (Å²) in [6.07, 6.45) is -0.446. The molecule has 22 heavy (non-hydrogen) atoms. The predicted molar refractivity (Wildman–Crippen MR) is 75.5 cm³/mol. The Labute approximate surface area is 125 Å². The van der Waals surface area contributed by atoms with Crippen molar-refractivity contribution in [2.45, 2.75) is 19.1 Å². The molecule has 2 heterocycles. The van der Waals surface area contributed by atoms with Crippen molar-refractivity contribution in [1.29, 1.82) is 0 Å². The third kappa shape index (κ3) is 2.46. The first-order valence-electron chi connectivity index (χ1n) is 7.01. The van der Waals surface area contributed by atoms with E-state index in [0.717, 1.165) is 12.1 Å². The number of carbonyl (C=O) groups is 1. The number of morpholine rings is 1. The number of aromatic nitrogens is 1. The highest BCUT2D eigenvalue weighted by Crippen LogP contribution is 2.23. The van der Waals surface area contributed by atoms with E-state index in [9.17, 15) is 13.6 Å². The Bertz CT molecular complexity index is 677. The lowest BCUT2D eigenvalue weighted by Gasteiger charge is -2.37. The third-order valence-corrected chi connectivity index (χ3v) is 3.89. The molecule has 1 aromatic carbocycles. The molecule has 1 aliphatic heterocycles. The molecule has 7 heteroatoms. The van der Waals surface area contributed by atoms with Crippen LogP contribution in [0, 0.1) is 11.6 Å². The van der Waals surface area contributed by atoms with Gasteiger partial charge in [0, 0.05) is 11.9 Å². The molecule has 2 N–H and O–H groups in total. The van der Waals surface area contributed by atoms with Crippen LogP contribution in [0.1, 0.15) is 17.4 Å². The summed E-state index contributed by atoms with van der Waals surface area (Å²) >= 11 is 0. The van der Waals surface area contributed by atoms with Crippen LogP contribution in [0.15, 0.2) is 18.2 Å². The summed E-state index contributed by atoms with van der Waals surface area (Å²) in [7, 11) is 0. The average Bonchev–Trinajstić information content (AvgIpc) is 2.97. The van der Waals surface area contributed by atoms with Crippen molar-refractivity contribution in [1.82, 2.24) is 9.88 Å². The highest BCUT2D eigenvalue weighted by atomic mass is 19.1. The minimum atomic E-state index is -0.612. The van der Waals surface area contributed by atoms with Gasteiger partial charge in [0.25, 0.3) is 5.91 Å². The van der Waals surface area contributed by atoms with Crippen molar-refractivity contribution in [3.63, 3.8) is 0 Å². The van der Waals surface area contributed by atoms with Crippen molar-refractivity contribution in [2.75, 3.05) is 19.8 Å². The van der Waals surface area contributed by atoms with Crippen LogP contribution in [-0.4, -0.2) is 52.8 Å². The number of aliphatic hydroxyl groups excluding tert-OH is 1. The number of carbonyl (C=O) groups excluding carboxylic acids is 1. The summed E-state index contributed by atoms with van der Waals surface area (Å²) in [4.78, 5) is 16.8. The van der Waals surface area contributed by atoms with Crippen molar-refractivity contribution in [3.8, 4) is 0 Å². The summed E-state index contributed by atoms with van der Waals surface area (Å²) in [6, 6.07) is 3.17. The number of ether oxygens (including phenoxy) is 1. The lowest BCUT2D eigenvalue weighted by Crippen LogP contribution is -2.52. The Morgan fingerprint density at radius 1 is 1.45 bits per heavy atom. The van der Waals surface area contributed by atoms with Crippen LogP contribution in [0.25, 0.3) is 10.9 Å². The molecule has 1 fully saturated rings. The molecule has 2 aromatic rings. The van der Waals surface area contributed by atoms with E-state index in [4.69, 9.17) is 9.84 Å². The first-order valence-corrected chi connectivity index (χ1v) is 7.01. The Morgan fingerprint density at radius 2 is 2.18 bits per heavy atom. The van der Waals surface area contributed by atoms with Gasteiger partial charge in [-0.15, -0.1) is 0 Å². The van der Waals surface area contributed by atoms with Crippen LogP contribution < -0.4 is 0 Å². The second-order valence-corrected chi connectivity index (χ2v) is 5.45. The SMILES string of the molecule is CC1COC(CO)CN1C(=O)c1cc2c(F)ccc(F)c2[nH]1. The monoisotopic (exact) mass is 310 g/mol. The Morgan fingerprint density at radius 3 is 2.86 bits per heavy atom. The second kappa shape index (κ2) is 5.66. The quantitative estimate of drug-likeness (QED) is 0.887. The normalized spacial score (nSPS) is 22.3. The number of nitrogens with one attached hydrogen (secondary N) is 1. The molecule has 1 saturated heterocycles. The maximum atomic E-state index is 13.7. The molecule has 0 saturated carbocycles. The van der Waals surface area contributed by atoms with E-state index in [1.807, 2.05) is 6.92 Å². The van der Waals surface area contributed by atoms with Crippen LogP contribution in [0.2, 0.25) is 0 Å². The van der Waals surface area contributed by atoms with Gasteiger partial charge in [0.1, 0.15) is 17.3 Å². The number of halogens is 2. The number of aliphatic hydroxyl groups is 1. The van der Waals surface area contributed by atoms with E-state index >= 15 is 0 Å². The van der Waals surface area contributed by atoms with Gasteiger partial charge in [-0.1, -0.05) is 0 Å². The van der Waals surface area contributed by atoms with Crippen molar-refractivity contribution < 1.29 is 23.4 Å². The zero-order chi connectivity index (χ0) is 15.9. The molecule has 1 amide bonds. The first kappa shape index (κ1) is 14.9. The number of amides is 1. The van der Waals surface area contributed by atoms with Crippen LogP contribution in [-0.2, 0) is 4.74 Å². The van der Waals surface area contributed by atoms with Gasteiger partial charge in [-0.3, -0.25) is 4.79 Å². The molecule has 0 radical (unpaired) electrons. The molecule has 0 spiro atoms. The van der Waals surface area contributed by atoms with Crippen LogP contribution in [0.3, 0.4) is 0 Å². The molecule has 1 aliphatic rings. The topological polar surface area (TPSA) is 65.6 Å². The van der Waals surface area contributed by atoms with Crippen molar-refractivity contribution >= 4 is 16.8 Å². The minimum absolute atomic E-state index is 0.0250. The molecular formula is C15H16F2N2O3. The second-order valence-electron chi connectivity index (χ2n) is 5.45. The molecule has 1 aromatic heterocycles. The van der Waals surface area contributed by atoms with Crippen LogP contribution in [0.5, 0.6) is 0 Å². The summed E-state index contributed by atoms with van der Waals surface area (Å²) < 4.78 is 32.8. The largest absolute Gasteiger partial charge is 0.394 e. The molecular weight excluding hydrogens is 294 g/mol. The lowest BCUT2D eigenvalue weighted by atomic mass is 10.1. The number of hydrogen-bond acceptors (Lipinski definition) is 3. The van der Waals surface area contributed by atoms with Gasteiger partial charge in [0.15, 0.2) is 0 Å². The minimum Gasteiger partial charge on any atom is -0.394 e. The predicted octanol–water partition coefficient (Wildman–Crippen LogP) is 1.67. The fraction of sp³-hybridized carbons (Fsp3) is 0.400. The number of rotatable bonds is 2. The van der Waals surface area contributed by atoms with Gasteiger partial charge in [-0.25, -0.2) is 8.78 Å². The molecule has 0 aliphatic carbocycles. The van der Waals surface area contributed by atoms with Gasteiger partial charge in [-0.05, 0) is 25.1 Å². The summed E-state index contributed by atoms with van der Waals surface area (Å²) in [5.74, 6) is -1.57. The molecule has 118 valence electrons. The highest BCUT2D eigenvalue weighted by Gasteiger charge is 2.31. The van der Waals surface area contributed by atoms with Gasteiger partial charge in [0.05, 0.1) is 30.9 Å². The molecule has 2 atom stereocenters. The number of nitrogens with zero attached hydrogens (tertiary/aromatic N) is 1. The van der Waals surface area contributed by atoms with Crippen molar-refractivity contribution in [3.05, 3.63) is 35.5 Å². The van der Waals surface area contributed by atoms with Gasteiger partial charge >= 0.3 is 0 Å². The number of benzene rings is 1. The lowest BCUT2D eigenvalue weighted by molar-refractivity contribution is -0.0668. The number of hydrogen-bond donors (Lipinski definition) is 2. The Hall–Kier alpha value is -1.99. The third-order valence-electron chi connectivity index (χ3n) is 3.89. The summed E-state index contributed by atoms with van der Waals surface area (Å²) in [6.45, 7) is 2.17. The fourth-order valence-electron chi connectivity index (χ4n) is 2.63. The fourth-order valence-corrected chi connectivity index (χ4v) is 2.63. The molecule has 2 unspecified atom stereocenters. The van der Waals surface area contributed by atoms with E-state index in [1.54, 1.807) is 0 Å². The van der Waals surface area contributed by atoms with E-state index in [1.165, 1.54) is 11.0 Å². The van der Waals surface area contributed by atoms with E-state index in [-0.39, 0.29) is 41.7 Å². The van der Waals surface area contributed by atoms with Gasteiger partial charge < -0.3 is 19.7 Å². The maximum Gasteiger partial charge on any atom is 0.270 e. The standard InChI is InChI=1S/C15H16F2N2O3/c1-8-7-22-9(6-20)5-19(8)15(21)13-4-10-11(16)2-3-12(17)14(10)18-13/h2-4,8-9,18,20H,5-7H2,1H3. The zero-order valence-electron chi connectivity index (χ0n) is 12.0.